The predicted molar refractivity (Wildman–Crippen MR) is 134 cm³/mol. The highest BCUT2D eigenvalue weighted by Gasteiger charge is 2.23. The number of hydrogen-bond acceptors (Lipinski definition) is 5. The van der Waals surface area contributed by atoms with Crippen LogP contribution in [0.25, 0.3) is 0 Å². The third kappa shape index (κ3) is 5.70. The van der Waals surface area contributed by atoms with Crippen molar-refractivity contribution >= 4 is 27.5 Å². The summed E-state index contributed by atoms with van der Waals surface area (Å²) < 4.78 is 26.2. The van der Waals surface area contributed by atoms with Crippen molar-refractivity contribution in [1.82, 2.24) is 15.2 Å². The number of rotatable bonds is 6. The van der Waals surface area contributed by atoms with Crippen molar-refractivity contribution in [3.63, 3.8) is 0 Å². The molecule has 0 spiro atoms. The van der Waals surface area contributed by atoms with Crippen LogP contribution in [0.5, 0.6) is 0 Å². The standard InChI is InChI=1S/C26H28N4O4S/c1-19-7-13-24(14-8-19)35(33,34)29(2)18-25(31)27-28-26(32)21-9-11-23(12-10-21)30-16-15-20-5-3-4-6-22(20)17-30/h3-14H,15-18H2,1-2H3,(H,27,31)(H,28,32). The van der Waals surface area contributed by atoms with Gasteiger partial charge in [0, 0.05) is 31.4 Å². The number of carbonyl (C=O) groups is 2. The van der Waals surface area contributed by atoms with Gasteiger partial charge in [0.15, 0.2) is 0 Å². The second-order valence-electron chi connectivity index (χ2n) is 8.56. The van der Waals surface area contributed by atoms with Gasteiger partial charge in [0.1, 0.15) is 0 Å². The zero-order valence-electron chi connectivity index (χ0n) is 19.7. The summed E-state index contributed by atoms with van der Waals surface area (Å²) in [6.07, 6.45) is 0.971. The number of hydrazine groups is 1. The normalized spacial score (nSPS) is 13.3. The summed E-state index contributed by atoms with van der Waals surface area (Å²) in [5.41, 5.74) is 9.62. The number of hydrogen-bond donors (Lipinski definition) is 2. The Morgan fingerprint density at radius 2 is 1.57 bits per heavy atom. The van der Waals surface area contributed by atoms with Crippen molar-refractivity contribution in [2.75, 3.05) is 25.0 Å². The molecule has 0 fully saturated rings. The molecule has 1 heterocycles. The van der Waals surface area contributed by atoms with Crippen molar-refractivity contribution in [2.45, 2.75) is 24.8 Å². The molecule has 9 heteroatoms. The minimum Gasteiger partial charge on any atom is -0.367 e. The van der Waals surface area contributed by atoms with E-state index in [1.54, 1.807) is 24.3 Å². The molecule has 2 amide bonds. The van der Waals surface area contributed by atoms with Crippen molar-refractivity contribution < 1.29 is 18.0 Å². The fraction of sp³-hybridized carbons (Fsp3) is 0.231. The first-order chi connectivity index (χ1) is 16.7. The second kappa shape index (κ2) is 10.3. The zero-order valence-corrected chi connectivity index (χ0v) is 20.5. The maximum absolute atomic E-state index is 12.6. The minimum atomic E-state index is -3.82. The fourth-order valence-corrected chi connectivity index (χ4v) is 5.08. The van der Waals surface area contributed by atoms with Crippen LogP contribution in [-0.4, -0.2) is 44.7 Å². The Morgan fingerprint density at radius 1 is 0.914 bits per heavy atom. The van der Waals surface area contributed by atoms with Gasteiger partial charge in [-0.2, -0.15) is 4.31 Å². The fourth-order valence-electron chi connectivity index (χ4n) is 3.96. The van der Waals surface area contributed by atoms with Crippen molar-refractivity contribution in [3.05, 3.63) is 95.1 Å². The number of nitrogens with one attached hydrogen (secondary N) is 2. The summed E-state index contributed by atoms with van der Waals surface area (Å²) in [5, 5.41) is 0. The number of nitrogens with zero attached hydrogens (tertiary/aromatic N) is 2. The molecule has 3 aromatic carbocycles. The number of aryl methyl sites for hydroxylation is 1. The van der Waals surface area contributed by atoms with E-state index in [1.165, 1.54) is 30.3 Å². The molecular weight excluding hydrogens is 464 g/mol. The highest BCUT2D eigenvalue weighted by atomic mass is 32.2. The van der Waals surface area contributed by atoms with Gasteiger partial charge in [-0.05, 0) is 60.9 Å². The summed E-state index contributed by atoms with van der Waals surface area (Å²) in [4.78, 5) is 27.1. The molecule has 0 bridgehead atoms. The number of benzene rings is 3. The Morgan fingerprint density at radius 3 is 2.26 bits per heavy atom. The van der Waals surface area contributed by atoms with E-state index < -0.39 is 28.4 Å². The molecule has 0 unspecified atom stereocenters. The molecule has 1 aliphatic heterocycles. The Balaban J connectivity index is 1.30. The quantitative estimate of drug-likeness (QED) is 0.516. The Hall–Kier alpha value is -3.69. The lowest BCUT2D eigenvalue weighted by Crippen LogP contribution is -2.46. The van der Waals surface area contributed by atoms with Gasteiger partial charge in [-0.3, -0.25) is 20.4 Å². The summed E-state index contributed by atoms with van der Waals surface area (Å²) in [5.74, 6) is -1.14. The SMILES string of the molecule is Cc1ccc(S(=O)(=O)N(C)CC(=O)NNC(=O)c2ccc(N3CCc4ccccc4C3)cc2)cc1. The first-order valence-corrected chi connectivity index (χ1v) is 12.7. The lowest BCUT2D eigenvalue weighted by atomic mass is 9.99. The molecule has 2 N–H and O–H groups in total. The van der Waals surface area contributed by atoms with Crippen LogP contribution >= 0.6 is 0 Å². The molecule has 4 rings (SSSR count). The molecule has 0 aromatic heterocycles. The van der Waals surface area contributed by atoms with Crippen LogP contribution in [0.15, 0.2) is 77.7 Å². The minimum absolute atomic E-state index is 0.0970. The average molecular weight is 493 g/mol. The average Bonchev–Trinajstić information content (AvgIpc) is 2.87. The number of amides is 2. The third-order valence-electron chi connectivity index (χ3n) is 6.04. The first-order valence-electron chi connectivity index (χ1n) is 11.3. The van der Waals surface area contributed by atoms with E-state index in [-0.39, 0.29) is 4.90 Å². The van der Waals surface area contributed by atoms with Crippen LogP contribution in [0, 0.1) is 6.92 Å². The van der Waals surface area contributed by atoms with Crippen LogP contribution in [-0.2, 0) is 27.8 Å². The summed E-state index contributed by atoms with van der Waals surface area (Å²) in [6, 6.07) is 21.9. The molecule has 0 aliphatic carbocycles. The number of likely N-dealkylation sites (N-methyl/N-ethyl adjacent to an activating group) is 1. The van der Waals surface area contributed by atoms with Crippen LogP contribution in [0.4, 0.5) is 5.69 Å². The van der Waals surface area contributed by atoms with Crippen molar-refractivity contribution in [2.24, 2.45) is 0 Å². The smallest absolute Gasteiger partial charge is 0.269 e. The lowest BCUT2D eigenvalue weighted by Gasteiger charge is -2.30. The van der Waals surface area contributed by atoms with Gasteiger partial charge in [0.05, 0.1) is 11.4 Å². The van der Waals surface area contributed by atoms with Gasteiger partial charge in [-0.1, -0.05) is 42.0 Å². The predicted octanol–water partition coefficient (Wildman–Crippen LogP) is 2.64. The monoisotopic (exact) mass is 492 g/mol. The third-order valence-corrected chi connectivity index (χ3v) is 7.85. The van der Waals surface area contributed by atoms with E-state index >= 15 is 0 Å². The van der Waals surface area contributed by atoms with E-state index in [0.29, 0.717) is 5.56 Å². The number of anilines is 1. The van der Waals surface area contributed by atoms with Gasteiger partial charge in [0.25, 0.3) is 11.8 Å². The van der Waals surface area contributed by atoms with Crippen LogP contribution < -0.4 is 15.8 Å². The van der Waals surface area contributed by atoms with Gasteiger partial charge in [0.2, 0.25) is 10.0 Å². The van der Waals surface area contributed by atoms with E-state index in [1.807, 2.05) is 25.1 Å². The highest BCUT2D eigenvalue weighted by molar-refractivity contribution is 7.89. The summed E-state index contributed by atoms with van der Waals surface area (Å²) in [7, 11) is -2.51. The largest absolute Gasteiger partial charge is 0.367 e. The van der Waals surface area contributed by atoms with E-state index in [2.05, 4.69) is 34.0 Å². The molecular formula is C26H28N4O4S. The number of sulfonamides is 1. The van der Waals surface area contributed by atoms with Gasteiger partial charge < -0.3 is 4.90 Å². The molecule has 0 saturated heterocycles. The van der Waals surface area contributed by atoms with Crippen molar-refractivity contribution in [3.8, 4) is 0 Å². The van der Waals surface area contributed by atoms with Gasteiger partial charge in [-0.15, -0.1) is 0 Å². The molecule has 3 aromatic rings. The molecule has 8 nitrogen and oxygen atoms in total. The van der Waals surface area contributed by atoms with Gasteiger partial charge >= 0.3 is 0 Å². The van der Waals surface area contributed by atoms with Crippen LogP contribution in [0.1, 0.15) is 27.0 Å². The maximum Gasteiger partial charge on any atom is 0.269 e. The topological polar surface area (TPSA) is 98.8 Å². The van der Waals surface area contributed by atoms with Crippen LogP contribution in [0.3, 0.4) is 0 Å². The second-order valence-corrected chi connectivity index (χ2v) is 10.6. The lowest BCUT2D eigenvalue weighted by molar-refractivity contribution is -0.121. The molecule has 0 saturated carbocycles. The Bertz CT molecular complexity index is 1320. The molecule has 1 aliphatic rings. The molecule has 0 atom stereocenters. The number of fused-ring (bicyclic) bond motifs is 1. The van der Waals surface area contributed by atoms with E-state index in [9.17, 15) is 18.0 Å². The first kappa shape index (κ1) is 24.4. The van der Waals surface area contributed by atoms with Gasteiger partial charge in [-0.25, -0.2) is 8.42 Å². The molecule has 182 valence electrons. The molecule has 35 heavy (non-hydrogen) atoms. The number of carbonyl (C=O) groups excluding carboxylic acids is 2. The Kier molecular flexibility index (Phi) is 7.18. The summed E-state index contributed by atoms with van der Waals surface area (Å²) >= 11 is 0. The van der Waals surface area contributed by atoms with E-state index in [4.69, 9.17) is 0 Å². The Labute approximate surface area is 205 Å². The maximum atomic E-state index is 12.6. The molecule has 0 radical (unpaired) electrons. The summed E-state index contributed by atoms with van der Waals surface area (Å²) in [6.45, 7) is 3.14. The zero-order chi connectivity index (χ0) is 25.0. The highest BCUT2D eigenvalue weighted by Crippen LogP contribution is 2.24. The van der Waals surface area contributed by atoms with Crippen LogP contribution in [0.2, 0.25) is 0 Å². The van der Waals surface area contributed by atoms with E-state index in [0.717, 1.165) is 35.1 Å². The van der Waals surface area contributed by atoms with Crippen molar-refractivity contribution in [1.29, 1.82) is 0 Å².